The molecule has 4 nitrogen and oxygen atoms in total. The molecule has 0 saturated carbocycles. The van der Waals surface area contributed by atoms with E-state index < -0.39 is 5.97 Å². The monoisotopic (exact) mass is 285 g/mol. The van der Waals surface area contributed by atoms with Crippen LogP contribution >= 0.6 is 23.2 Å². The van der Waals surface area contributed by atoms with Crippen molar-refractivity contribution in [2.24, 2.45) is 0 Å². The zero-order chi connectivity index (χ0) is 13.1. The van der Waals surface area contributed by atoms with E-state index in [1.54, 1.807) is 18.2 Å². The van der Waals surface area contributed by atoms with Crippen LogP contribution in [0.1, 0.15) is 12.3 Å². The number of hydrogen-bond donors (Lipinski definition) is 1. The fourth-order valence-electron chi connectivity index (χ4n) is 1.45. The Morgan fingerprint density at radius 3 is 2.83 bits per heavy atom. The van der Waals surface area contributed by atoms with Crippen molar-refractivity contribution in [3.63, 3.8) is 0 Å². The van der Waals surface area contributed by atoms with Gasteiger partial charge in [0.25, 0.3) is 0 Å². The SMILES string of the molecule is O=C(O)CCc1ncc(-c2ccc(Cl)cc2Cl)o1. The van der Waals surface area contributed by atoms with Crippen LogP contribution in [0, 0.1) is 0 Å². The Hall–Kier alpha value is -1.52. The third-order valence-electron chi connectivity index (χ3n) is 2.30. The Morgan fingerprint density at radius 1 is 1.39 bits per heavy atom. The Labute approximate surface area is 113 Å². The summed E-state index contributed by atoms with van der Waals surface area (Å²) in [7, 11) is 0. The number of carboxylic acid groups (broad SMARTS) is 1. The molecule has 1 aromatic carbocycles. The van der Waals surface area contributed by atoms with E-state index in [9.17, 15) is 4.79 Å². The molecule has 0 fully saturated rings. The first-order valence-corrected chi connectivity index (χ1v) is 5.94. The summed E-state index contributed by atoms with van der Waals surface area (Å²) >= 11 is 11.8. The maximum Gasteiger partial charge on any atom is 0.303 e. The molecule has 0 aliphatic heterocycles. The average molecular weight is 286 g/mol. The number of carboxylic acids is 1. The summed E-state index contributed by atoms with van der Waals surface area (Å²) in [5.74, 6) is -0.0188. The van der Waals surface area contributed by atoms with Crippen molar-refractivity contribution in [3.8, 4) is 11.3 Å². The van der Waals surface area contributed by atoms with Gasteiger partial charge in [-0.05, 0) is 18.2 Å². The number of carbonyl (C=O) groups is 1. The summed E-state index contributed by atoms with van der Waals surface area (Å²) in [4.78, 5) is 14.4. The zero-order valence-corrected chi connectivity index (χ0v) is 10.7. The molecule has 2 aromatic rings. The maximum atomic E-state index is 10.4. The highest BCUT2D eigenvalue weighted by Crippen LogP contribution is 2.30. The molecular weight excluding hydrogens is 277 g/mol. The van der Waals surface area contributed by atoms with Gasteiger partial charge in [-0.2, -0.15) is 0 Å². The van der Waals surface area contributed by atoms with Gasteiger partial charge in [0.15, 0.2) is 11.7 Å². The van der Waals surface area contributed by atoms with E-state index in [-0.39, 0.29) is 12.8 Å². The Kier molecular flexibility index (Phi) is 3.89. The van der Waals surface area contributed by atoms with Gasteiger partial charge in [-0.1, -0.05) is 23.2 Å². The normalized spacial score (nSPS) is 10.6. The van der Waals surface area contributed by atoms with Crippen molar-refractivity contribution < 1.29 is 14.3 Å². The van der Waals surface area contributed by atoms with Crippen LogP contribution in [0.15, 0.2) is 28.8 Å². The van der Waals surface area contributed by atoms with E-state index in [1.165, 1.54) is 6.20 Å². The van der Waals surface area contributed by atoms with Crippen molar-refractivity contribution in [2.75, 3.05) is 0 Å². The fraction of sp³-hybridized carbons (Fsp3) is 0.167. The molecule has 0 atom stereocenters. The number of aromatic nitrogens is 1. The van der Waals surface area contributed by atoms with E-state index in [1.807, 2.05) is 0 Å². The molecule has 94 valence electrons. The lowest BCUT2D eigenvalue weighted by molar-refractivity contribution is -0.137. The molecule has 6 heteroatoms. The van der Waals surface area contributed by atoms with Gasteiger partial charge in [0, 0.05) is 17.0 Å². The molecule has 0 bridgehead atoms. The molecule has 1 aromatic heterocycles. The predicted octanol–water partition coefficient (Wildman–Crippen LogP) is 3.67. The van der Waals surface area contributed by atoms with Crippen LogP contribution in [0.3, 0.4) is 0 Å². The summed E-state index contributed by atoms with van der Waals surface area (Å²) < 4.78 is 5.44. The summed E-state index contributed by atoms with van der Waals surface area (Å²) in [6.07, 6.45) is 1.75. The Morgan fingerprint density at radius 2 is 2.17 bits per heavy atom. The number of hydrogen-bond acceptors (Lipinski definition) is 3. The summed E-state index contributed by atoms with van der Waals surface area (Å²) in [6.45, 7) is 0. The zero-order valence-electron chi connectivity index (χ0n) is 9.19. The first-order chi connectivity index (χ1) is 8.56. The summed E-state index contributed by atoms with van der Waals surface area (Å²) in [6, 6.07) is 5.03. The van der Waals surface area contributed by atoms with Crippen molar-refractivity contribution in [1.82, 2.24) is 4.98 Å². The van der Waals surface area contributed by atoms with E-state index in [0.29, 0.717) is 27.3 Å². The van der Waals surface area contributed by atoms with Crippen LogP contribution in [0.2, 0.25) is 10.0 Å². The molecule has 0 unspecified atom stereocenters. The lowest BCUT2D eigenvalue weighted by Crippen LogP contribution is -1.97. The second-order valence-corrected chi connectivity index (χ2v) is 4.48. The van der Waals surface area contributed by atoms with Crippen molar-refractivity contribution in [1.29, 1.82) is 0 Å². The van der Waals surface area contributed by atoms with Crippen LogP contribution in [0.25, 0.3) is 11.3 Å². The molecule has 2 rings (SSSR count). The summed E-state index contributed by atoms with van der Waals surface area (Å²) in [5.41, 5.74) is 0.676. The molecule has 1 N–H and O–H groups in total. The minimum atomic E-state index is -0.890. The molecule has 1 heterocycles. The number of benzene rings is 1. The Bertz CT molecular complexity index is 580. The average Bonchev–Trinajstić information content (AvgIpc) is 2.75. The Balaban J connectivity index is 2.21. The molecule has 18 heavy (non-hydrogen) atoms. The van der Waals surface area contributed by atoms with Crippen molar-refractivity contribution in [2.45, 2.75) is 12.8 Å². The van der Waals surface area contributed by atoms with Gasteiger partial charge in [-0.15, -0.1) is 0 Å². The van der Waals surface area contributed by atoms with Gasteiger partial charge < -0.3 is 9.52 Å². The highest BCUT2D eigenvalue weighted by Gasteiger charge is 2.11. The van der Waals surface area contributed by atoms with Crippen molar-refractivity contribution in [3.05, 3.63) is 40.3 Å². The van der Waals surface area contributed by atoms with Crippen LogP contribution < -0.4 is 0 Å². The number of aliphatic carboxylic acids is 1. The predicted molar refractivity (Wildman–Crippen MR) is 67.9 cm³/mol. The third-order valence-corrected chi connectivity index (χ3v) is 2.85. The van der Waals surface area contributed by atoms with E-state index in [4.69, 9.17) is 32.7 Å². The van der Waals surface area contributed by atoms with E-state index >= 15 is 0 Å². The van der Waals surface area contributed by atoms with Crippen molar-refractivity contribution >= 4 is 29.2 Å². The molecular formula is C12H9Cl2NO3. The van der Waals surface area contributed by atoms with E-state index in [0.717, 1.165) is 0 Å². The molecule has 0 aliphatic rings. The number of halogens is 2. The lowest BCUT2D eigenvalue weighted by atomic mass is 10.2. The minimum absolute atomic E-state index is 0.0195. The molecule has 0 saturated heterocycles. The minimum Gasteiger partial charge on any atom is -0.481 e. The number of aryl methyl sites for hydroxylation is 1. The molecule has 0 aliphatic carbocycles. The van der Waals surface area contributed by atoms with Gasteiger partial charge in [0.05, 0.1) is 17.6 Å². The van der Waals surface area contributed by atoms with Crippen LogP contribution in [0.5, 0.6) is 0 Å². The number of rotatable bonds is 4. The van der Waals surface area contributed by atoms with Crippen LogP contribution in [0.4, 0.5) is 0 Å². The molecule has 0 amide bonds. The molecule has 0 spiro atoms. The first kappa shape index (κ1) is 12.9. The van der Waals surface area contributed by atoms with E-state index in [2.05, 4.69) is 4.98 Å². The topological polar surface area (TPSA) is 63.3 Å². The second kappa shape index (κ2) is 5.42. The van der Waals surface area contributed by atoms with Gasteiger partial charge in [0.1, 0.15) is 0 Å². The first-order valence-electron chi connectivity index (χ1n) is 5.18. The maximum absolute atomic E-state index is 10.4. The highest BCUT2D eigenvalue weighted by atomic mass is 35.5. The smallest absolute Gasteiger partial charge is 0.303 e. The lowest BCUT2D eigenvalue weighted by Gasteiger charge is -2.00. The summed E-state index contributed by atoms with van der Waals surface area (Å²) in [5, 5.41) is 9.57. The third kappa shape index (κ3) is 3.03. The van der Waals surface area contributed by atoms with Gasteiger partial charge in [0.2, 0.25) is 0 Å². The quantitative estimate of drug-likeness (QED) is 0.931. The molecule has 0 radical (unpaired) electrons. The van der Waals surface area contributed by atoms with Gasteiger partial charge in [-0.25, -0.2) is 4.98 Å². The fourth-order valence-corrected chi connectivity index (χ4v) is 1.96. The number of oxazole rings is 1. The standard InChI is InChI=1S/C12H9Cl2NO3/c13-7-1-2-8(9(14)5-7)10-6-15-11(18-10)3-4-12(16)17/h1-2,5-6H,3-4H2,(H,16,17). The second-order valence-electron chi connectivity index (χ2n) is 3.64. The number of nitrogens with zero attached hydrogens (tertiary/aromatic N) is 1. The van der Waals surface area contributed by atoms with Gasteiger partial charge in [-0.3, -0.25) is 4.79 Å². The largest absolute Gasteiger partial charge is 0.481 e. The van der Waals surface area contributed by atoms with Crippen LogP contribution in [-0.4, -0.2) is 16.1 Å². The van der Waals surface area contributed by atoms with Crippen LogP contribution in [-0.2, 0) is 11.2 Å². The van der Waals surface area contributed by atoms with Gasteiger partial charge >= 0.3 is 5.97 Å². The highest BCUT2D eigenvalue weighted by molar-refractivity contribution is 6.36.